The van der Waals surface area contributed by atoms with E-state index in [9.17, 15) is 4.79 Å². The van der Waals surface area contributed by atoms with E-state index in [4.69, 9.17) is 0 Å². The van der Waals surface area contributed by atoms with E-state index in [1.54, 1.807) is 0 Å². The van der Waals surface area contributed by atoms with E-state index in [2.05, 4.69) is 43.5 Å². The predicted octanol–water partition coefficient (Wildman–Crippen LogP) is 3.95. The zero-order valence-corrected chi connectivity index (χ0v) is 13.0. The van der Waals surface area contributed by atoms with Crippen LogP contribution in [0, 0.1) is 5.92 Å². The fourth-order valence-electron chi connectivity index (χ4n) is 2.38. The van der Waals surface area contributed by atoms with Gasteiger partial charge in [-0.2, -0.15) is 0 Å². The standard InChI is InChI=1S/C17H28N2O/c1-4-8-15(9-5-2)17(20)19-16-11-7-10-14(12-16)13-18-6-3/h7,10-12,15,18H,4-6,8-9,13H2,1-3H3,(H,19,20). The summed E-state index contributed by atoms with van der Waals surface area (Å²) in [5.74, 6) is 0.303. The molecular formula is C17H28N2O. The van der Waals surface area contributed by atoms with Crippen molar-refractivity contribution in [2.45, 2.75) is 53.0 Å². The third kappa shape index (κ3) is 5.74. The molecule has 0 unspecified atom stereocenters. The summed E-state index contributed by atoms with van der Waals surface area (Å²) < 4.78 is 0. The normalized spacial score (nSPS) is 10.8. The summed E-state index contributed by atoms with van der Waals surface area (Å²) in [7, 11) is 0. The summed E-state index contributed by atoms with van der Waals surface area (Å²) in [6.45, 7) is 8.14. The molecule has 112 valence electrons. The molecule has 0 bridgehead atoms. The summed E-state index contributed by atoms with van der Waals surface area (Å²) in [5, 5.41) is 6.36. The van der Waals surface area contributed by atoms with E-state index in [1.807, 2.05) is 12.1 Å². The summed E-state index contributed by atoms with van der Waals surface area (Å²) in [5.41, 5.74) is 2.11. The van der Waals surface area contributed by atoms with Crippen LogP contribution in [0.4, 0.5) is 5.69 Å². The molecule has 0 aliphatic rings. The molecule has 1 aromatic rings. The van der Waals surface area contributed by atoms with E-state index in [-0.39, 0.29) is 11.8 Å². The number of rotatable bonds is 9. The van der Waals surface area contributed by atoms with Crippen LogP contribution >= 0.6 is 0 Å². The number of hydrogen-bond acceptors (Lipinski definition) is 2. The first-order chi connectivity index (χ1) is 9.71. The van der Waals surface area contributed by atoms with Crippen molar-refractivity contribution in [1.82, 2.24) is 5.32 Å². The van der Waals surface area contributed by atoms with Gasteiger partial charge in [0.2, 0.25) is 5.91 Å². The second-order valence-electron chi connectivity index (χ2n) is 5.24. The van der Waals surface area contributed by atoms with Crippen molar-refractivity contribution in [1.29, 1.82) is 0 Å². The van der Waals surface area contributed by atoms with Gasteiger partial charge in [-0.15, -0.1) is 0 Å². The third-order valence-corrected chi connectivity index (χ3v) is 3.42. The van der Waals surface area contributed by atoms with Crippen LogP contribution in [0.1, 0.15) is 52.0 Å². The number of benzene rings is 1. The highest BCUT2D eigenvalue weighted by atomic mass is 16.1. The van der Waals surface area contributed by atoms with Gasteiger partial charge in [0, 0.05) is 18.2 Å². The van der Waals surface area contributed by atoms with Gasteiger partial charge < -0.3 is 10.6 Å². The number of carbonyl (C=O) groups is 1. The molecule has 0 aliphatic carbocycles. The topological polar surface area (TPSA) is 41.1 Å². The maximum absolute atomic E-state index is 12.3. The van der Waals surface area contributed by atoms with Crippen LogP contribution in [0.3, 0.4) is 0 Å². The molecule has 0 radical (unpaired) electrons. The Morgan fingerprint density at radius 2 is 1.85 bits per heavy atom. The highest BCUT2D eigenvalue weighted by molar-refractivity contribution is 5.92. The third-order valence-electron chi connectivity index (χ3n) is 3.42. The molecule has 2 N–H and O–H groups in total. The lowest BCUT2D eigenvalue weighted by atomic mass is 9.97. The largest absolute Gasteiger partial charge is 0.326 e. The zero-order chi connectivity index (χ0) is 14.8. The Labute approximate surface area is 123 Å². The van der Waals surface area contributed by atoms with Gasteiger partial charge in [0.05, 0.1) is 0 Å². The van der Waals surface area contributed by atoms with Gasteiger partial charge >= 0.3 is 0 Å². The minimum Gasteiger partial charge on any atom is -0.326 e. The van der Waals surface area contributed by atoms with Crippen LogP contribution in [-0.4, -0.2) is 12.5 Å². The van der Waals surface area contributed by atoms with E-state index < -0.39 is 0 Å². The monoisotopic (exact) mass is 276 g/mol. The van der Waals surface area contributed by atoms with Crippen molar-refractivity contribution in [3.63, 3.8) is 0 Å². The van der Waals surface area contributed by atoms with Gasteiger partial charge in [0.1, 0.15) is 0 Å². The van der Waals surface area contributed by atoms with Gasteiger partial charge in [-0.05, 0) is 37.1 Å². The fourth-order valence-corrected chi connectivity index (χ4v) is 2.38. The molecule has 0 aromatic heterocycles. The van der Waals surface area contributed by atoms with E-state index in [0.717, 1.165) is 44.5 Å². The zero-order valence-electron chi connectivity index (χ0n) is 13.0. The molecular weight excluding hydrogens is 248 g/mol. The SMILES string of the molecule is CCCC(CCC)C(=O)Nc1cccc(CNCC)c1. The molecule has 20 heavy (non-hydrogen) atoms. The van der Waals surface area contributed by atoms with Crippen LogP contribution in [0.15, 0.2) is 24.3 Å². The lowest BCUT2D eigenvalue weighted by Crippen LogP contribution is -2.22. The second kappa shape index (κ2) is 9.54. The lowest BCUT2D eigenvalue weighted by Gasteiger charge is -2.15. The summed E-state index contributed by atoms with van der Waals surface area (Å²) in [4.78, 5) is 12.3. The van der Waals surface area contributed by atoms with Crippen LogP contribution in [-0.2, 0) is 11.3 Å². The lowest BCUT2D eigenvalue weighted by molar-refractivity contribution is -0.120. The molecule has 3 nitrogen and oxygen atoms in total. The quantitative estimate of drug-likeness (QED) is 0.717. The number of anilines is 1. The van der Waals surface area contributed by atoms with Crippen molar-refractivity contribution in [2.24, 2.45) is 5.92 Å². The van der Waals surface area contributed by atoms with Crippen molar-refractivity contribution in [3.8, 4) is 0 Å². The Balaban J connectivity index is 2.63. The van der Waals surface area contributed by atoms with Gasteiger partial charge in [0.15, 0.2) is 0 Å². The second-order valence-corrected chi connectivity index (χ2v) is 5.24. The van der Waals surface area contributed by atoms with Crippen LogP contribution in [0.2, 0.25) is 0 Å². The Morgan fingerprint density at radius 3 is 2.45 bits per heavy atom. The Morgan fingerprint density at radius 1 is 1.15 bits per heavy atom. The first-order valence-corrected chi connectivity index (χ1v) is 7.81. The highest BCUT2D eigenvalue weighted by Gasteiger charge is 2.16. The van der Waals surface area contributed by atoms with Crippen LogP contribution in [0.25, 0.3) is 0 Å². The summed E-state index contributed by atoms with van der Waals surface area (Å²) in [6, 6.07) is 8.09. The predicted molar refractivity (Wildman–Crippen MR) is 85.8 cm³/mol. The van der Waals surface area contributed by atoms with Crippen molar-refractivity contribution < 1.29 is 4.79 Å². The first-order valence-electron chi connectivity index (χ1n) is 7.81. The maximum atomic E-state index is 12.3. The van der Waals surface area contributed by atoms with Crippen molar-refractivity contribution >= 4 is 11.6 Å². The molecule has 1 amide bonds. The van der Waals surface area contributed by atoms with Gasteiger partial charge in [-0.25, -0.2) is 0 Å². The van der Waals surface area contributed by atoms with Gasteiger partial charge in [-0.1, -0.05) is 45.7 Å². The van der Waals surface area contributed by atoms with Crippen molar-refractivity contribution in [3.05, 3.63) is 29.8 Å². The summed E-state index contributed by atoms with van der Waals surface area (Å²) in [6.07, 6.45) is 4.05. The van der Waals surface area contributed by atoms with Crippen molar-refractivity contribution in [2.75, 3.05) is 11.9 Å². The Kier molecular flexibility index (Phi) is 7.97. The fraction of sp³-hybridized carbons (Fsp3) is 0.588. The first kappa shape index (κ1) is 16.7. The van der Waals surface area contributed by atoms with Crippen LogP contribution < -0.4 is 10.6 Å². The molecule has 3 heteroatoms. The number of carbonyl (C=O) groups excluding carboxylic acids is 1. The van der Waals surface area contributed by atoms with Gasteiger partial charge in [-0.3, -0.25) is 4.79 Å². The Hall–Kier alpha value is -1.35. The average molecular weight is 276 g/mol. The summed E-state index contributed by atoms with van der Waals surface area (Å²) >= 11 is 0. The average Bonchev–Trinajstić information content (AvgIpc) is 2.45. The molecule has 0 saturated carbocycles. The smallest absolute Gasteiger partial charge is 0.227 e. The molecule has 0 atom stereocenters. The molecule has 0 aliphatic heterocycles. The van der Waals surface area contributed by atoms with E-state index in [0.29, 0.717) is 0 Å². The minimum atomic E-state index is 0.141. The molecule has 1 aromatic carbocycles. The maximum Gasteiger partial charge on any atom is 0.227 e. The molecule has 0 saturated heterocycles. The van der Waals surface area contributed by atoms with Gasteiger partial charge in [0.25, 0.3) is 0 Å². The number of amides is 1. The Bertz CT molecular complexity index is 398. The van der Waals surface area contributed by atoms with Crippen LogP contribution in [0.5, 0.6) is 0 Å². The van der Waals surface area contributed by atoms with E-state index >= 15 is 0 Å². The van der Waals surface area contributed by atoms with E-state index in [1.165, 1.54) is 5.56 Å². The molecule has 0 heterocycles. The highest BCUT2D eigenvalue weighted by Crippen LogP contribution is 2.17. The molecule has 0 fully saturated rings. The minimum absolute atomic E-state index is 0.141. The number of hydrogen-bond donors (Lipinski definition) is 2. The number of nitrogens with one attached hydrogen (secondary N) is 2. The molecule has 1 rings (SSSR count). The molecule has 0 spiro atoms.